The number of amides is 1. The van der Waals surface area contributed by atoms with Gasteiger partial charge in [-0.05, 0) is 38.0 Å². The number of ether oxygens (including phenoxy) is 1. The Balaban J connectivity index is 1.86. The van der Waals surface area contributed by atoms with Crippen LogP contribution in [0.25, 0.3) is 0 Å². The number of rotatable bonds is 3. The van der Waals surface area contributed by atoms with Crippen LogP contribution in [-0.4, -0.2) is 47.0 Å². The Morgan fingerprint density at radius 1 is 1.28 bits per heavy atom. The van der Waals surface area contributed by atoms with Gasteiger partial charge < -0.3 is 15.0 Å². The quantitative estimate of drug-likeness (QED) is 0.930. The van der Waals surface area contributed by atoms with E-state index in [9.17, 15) is 4.79 Å². The lowest BCUT2D eigenvalue weighted by Crippen LogP contribution is -2.48. The maximum atomic E-state index is 13.0. The minimum absolute atomic E-state index is 0.000996. The third-order valence-corrected chi connectivity index (χ3v) is 4.53. The van der Waals surface area contributed by atoms with Crippen molar-refractivity contribution in [2.75, 3.05) is 25.5 Å². The van der Waals surface area contributed by atoms with E-state index in [2.05, 4.69) is 34.3 Å². The summed E-state index contributed by atoms with van der Waals surface area (Å²) >= 11 is 0. The fourth-order valence-corrected chi connectivity index (χ4v) is 3.11. The average Bonchev–Trinajstić information content (AvgIpc) is 2.61. The number of carbonyl (C=O) groups is 1. The molecule has 0 saturated carbocycles. The highest BCUT2D eigenvalue weighted by atomic mass is 16.5. The molecule has 1 N–H and O–H groups in total. The molecule has 2 aromatic rings. The van der Waals surface area contributed by atoms with Crippen molar-refractivity contribution >= 4 is 11.9 Å². The molecular weight excluding hydrogens is 316 g/mol. The zero-order chi connectivity index (χ0) is 18.0. The molecule has 2 unspecified atom stereocenters. The standard InChI is InChI=1S/C19H24N4O2/c1-12-7-5-6-8-15(12)17-10-23(14(3)11-25-17)18(24)16-9-13(2)21-19(20-4)22-16/h5-9,14,17H,10-11H2,1-4H3,(H,20,21,22). The molecule has 132 valence electrons. The summed E-state index contributed by atoms with van der Waals surface area (Å²) in [4.78, 5) is 23.5. The summed E-state index contributed by atoms with van der Waals surface area (Å²) in [5.41, 5.74) is 3.47. The summed E-state index contributed by atoms with van der Waals surface area (Å²) in [6.07, 6.45) is -0.118. The highest BCUT2D eigenvalue weighted by Gasteiger charge is 2.32. The van der Waals surface area contributed by atoms with Gasteiger partial charge in [-0.3, -0.25) is 4.79 Å². The molecule has 6 heteroatoms. The second-order valence-corrected chi connectivity index (χ2v) is 6.45. The number of nitrogens with one attached hydrogen (secondary N) is 1. The number of aromatic nitrogens is 2. The highest BCUT2D eigenvalue weighted by molar-refractivity contribution is 5.93. The zero-order valence-corrected chi connectivity index (χ0v) is 15.1. The Labute approximate surface area is 148 Å². The Morgan fingerprint density at radius 2 is 2.04 bits per heavy atom. The molecule has 1 aromatic carbocycles. The van der Waals surface area contributed by atoms with E-state index >= 15 is 0 Å². The molecule has 1 aromatic heterocycles. The van der Waals surface area contributed by atoms with Crippen molar-refractivity contribution in [1.82, 2.24) is 14.9 Å². The van der Waals surface area contributed by atoms with Gasteiger partial charge in [0.15, 0.2) is 0 Å². The molecule has 6 nitrogen and oxygen atoms in total. The van der Waals surface area contributed by atoms with Crippen molar-refractivity contribution in [3.63, 3.8) is 0 Å². The minimum Gasteiger partial charge on any atom is -0.370 e. The van der Waals surface area contributed by atoms with Crippen molar-refractivity contribution < 1.29 is 9.53 Å². The highest BCUT2D eigenvalue weighted by Crippen LogP contribution is 2.28. The first-order chi connectivity index (χ1) is 12.0. The topological polar surface area (TPSA) is 67.4 Å². The Morgan fingerprint density at radius 3 is 2.76 bits per heavy atom. The van der Waals surface area contributed by atoms with Crippen LogP contribution in [0.15, 0.2) is 30.3 Å². The SMILES string of the molecule is CNc1nc(C)cc(C(=O)N2CC(c3ccccc3C)OCC2C)n1. The molecular formula is C19H24N4O2. The molecule has 0 bridgehead atoms. The number of aryl methyl sites for hydroxylation is 2. The van der Waals surface area contributed by atoms with E-state index in [4.69, 9.17) is 4.74 Å². The predicted molar refractivity (Wildman–Crippen MR) is 96.7 cm³/mol. The Bertz CT molecular complexity index is 778. The lowest BCUT2D eigenvalue weighted by Gasteiger charge is -2.38. The van der Waals surface area contributed by atoms with Crippen LogP contribution in [-0.2, 0) is 4.74 Å². The summed E-state index contributed by atoms with van der Waals surface area (Å²) < 4.78 is 6.00. The predicted octanol–water partition coefficient (Wildman–Crippen LogP) is 2.74. The van der Waals surface area contributed by atoms with Gasteiger partial charge in [-0.1, -0.05) is 24.3 Å². The van der Waals surface area contributed by atoms with Gasteiger partial charge in [0.1, 0.15) is 11.8 Å². The van der Waals surface area contributed by atoms with Crippen LogP contribution in [0.2, 0.25) is 0 Å². The van der Waals surface area contributed by atoms with E-state index in [1.807, 2.05) is 30.9 Å². The number of nitrogens with zero attached hydrogens (tertiary/aromatic N) is 3. The molecule has 1 aliphatic heterocycles. The number of carbonyl (C=O) groups excluding carboxylic acids is 1. The maximum Gasteiger partial charge on any atom is 0.273 e. The normalized spacial score (nSPS) is 20.4. The number of benzene rings is 1. The largest absolute Gasteiger partial charge is 0.370 e. The van der Waals surface area contributed by atoms with Crippen LogP contribution in [0.3, 0.4) is 0 Å². The van der Waals surface area contributed by atoms with Crippen LogP contribution in [0.4, 0.5) is 5.95 Å². The van der Waals surface area contributed by atoms with Crippen molar-refractivity contribution in [2.24, 2.45) is 0 Å². The smallest absolute Gasteiger partial charge is 0.273 e. The van der Waals surface area contributed by atoms with E-state index < -0.39 is 0 Å². The molecule has 1 amide bonds. The van der Waals surface area contributed by atoms with Gasteiger partial charge in [-0.25, -0.2) is 9.97 Å². The van der Waals surface area contributed by atoms with Gasteiger partial charge in [-0.2, -0.15) is 0 Å². The monoisotopic (exact) mass is 340 g/mol. The third kappa shape index (κ3) is 3.64. The van der Waals surface area contributed by atoms with Gasteiger partial charge in [-0.15, -0.1) is 0 Å². The van der Waals surface area contributed by atoms with Crippen LogP contribution >= 0.6 is 0 Å². The molecule has 0 radical (unpaired) electrons. The number of anilines is 1. The van der Waals surface area contributed by atoms with E-state index in [0.717, 1.165) is 11.3 Å². The fourth-order valence-electron chi connectivity index (χ4n) is 3.11. The zero-order valence-electron chi connectivity index (χ0n) is 15.1. The molecule has 1 fully saturated rings. The average molecular weight is 340 g/mol. The van der Waals surface area contributed by atoms with Crippen molar-refractivity contribution in [3.05, 3.63) is 52.8 Å². The van der Waals surface area contributed by atoms with E-state index in [-0.39, 0.29) is 18.1 Å². The van der Waals surface area contributed by atoms with Crippen molar-refractivity contribution in [1.29, 1.82) is 0 Å². The maximum absolute atomic E-state index is 13.0. The van der Waals surface area contributed by atoms with E-state index in [1.165, 1.54) is 5.56 Å². The number of hydrogen-bond donors (Lipinski definition) is 1. The van der Waals surface area contributed by atoms with Gasteiger partial charge in [0.05, 0.1) is 19.2 Å². The second kappa shape index (κ2) is 7.19. The molecule has 2 atom stereocenters. The molecule has 1 saturated heterocycles. The lowest BCUT2D eigenvalue weighted by molar-refractivity contribution is -0.0490. The molecule has 3 rings (SSSR count). The minimum atomic E-state index is -0.118. The Hall–Kier alpha value is -2.47. The lowest BCUT2D eigenvalue weighted by atomic mass is 10.0. The van der Waals surface area contributed by atoms with Crippen LogP contribution in [0.5, 0.6) is 0 Å². The molecule has 0 aliphatic carbocycles. The summed E-state index contributed by atoms with van der Waals surface area (Å²) in [6, 6.07) is 9.87. The van der Waals surface area contributed by atoms with Gasteiger partial charge in [0.2, 0.25) is 5.95 Å². The Kier molecular flexibility index (Phi) is 4.99. The molecule has 1 aliphatic rings. The first-order valence-corrected chi connectivity index (χ1v) is 8.51. The van der Waals surface area contributed by atoms with Crippen LogP contribution in [0.1, 0.15) is 40.3 Å². The van der Waals surface area contributed by atoms with Gasteiger partial charge in [0, 0.05) is 12.7 Å². The van der Waals surface area contributed by atoms with Crippen LogP contribution in [0, 0.1) is 13.8 Å². The summed E-state index contributed by atoms with van der Waals surface area (Å²) in [7, 11) is 1.74. The molecule has 0 spiro atoms. The summed E-state index contributed by atoms with van der Waals surface area (Å²) in [6.45, 7) is 6.95. The van der Waals surface area contributed by atoms with Gasteiger partial charge in [0.25, 0.3) is 5.91 Å². The van der Waals surface area contributed by atoms with E-state index in [0.29, 0.717) is 24.8 Å². The molecule has 2 heterocycles. The summed E-state index contributed by atoms with van der Waals surface area (Å²) in [5, 5.41) is 2.90. The fraction of sp³-hybridized carbons (Fsp3) is 0.421. The van der Waals surface area contributed by atoms with E-state index in [1.54, 1.807) is 13.1 Å². The first-order valence-electron chi connectivity index (χ1n) is 8.51. The van der Waals surface area contributed by atoms with Crippen molar-refractivity contribution in [2.45, 2.75) is 32.9 Å². The van der Waals surface area contributed by atoms with Crippen molar-refractivity contribution in [3.8, 4) is 0 Å². The summed E-state index contributed by atoms with van der Waals surface area (Å²) in [5.74, 6) is 0.371. The molecule has 25 heavy (non-hydrogen) atoms. The third-order valence-electron chi connectivity index (χ3n) is 4.53. The number of morpholine rings is 1. The van der Waals surface area contributed by atoms with Gasteiger partial charge >= 0.3 is 0 Å². The second-order valence-electron chi connectivity index (χ2n) is 6.45. The number of hydrogen-bond acceptors (Lipinski definition) is 5. The first kappa shape index (κ1) is 17.4. The van der Waals surface area contributed by atoms with Crippen LogP contribution < -0.4 is 5.32 Å².